The molecule has 0 spiro atoms. The third-order valence-electron chi connectivity index (χ3n) is 1.58. The van der Waals surface area contributed by atoms with Crippen LogP contribution in [0.4, 0.5) is 11.6 Å². The Labute approximate surface area is 94.6 Å². The van der Waals surface area contributed by atoms with Crippen LogP contribution in [0.3, 0.4) is 0 Å². The SMILES string of the molecule is CCNc1cc(NN(C)C)nc(SC)n1. The van der Waals surface area contributed by atoms with E-state index in [0.29, 0.717) is 0 Å². The molecule has 0 radical (unpaired) electrons. The fraction of sp³-hybridized carbons (Fsp3) is 0.556. The maximum Gasteiger partial charge on any atom is 0.191 e. The molecule has 1 heterocycles. The molecule has 0 saturated heterocycles. The van der Waals surface area contributed by atoms with Gasteiger partial charge in [-0.2, -0.15) is 0 Å². The molecule has 6 heteroatoms. The Bertz CT molecular complexity index is 315. The highest BCUT2D eigenvalue weighted by atomic mass is 32.2. The zero-order chi connectivity index (χ0) is 11.3. The number of aromatic nitrogens is 2. The molecule has 0 aliphatic heterocycles. The molecule has 1 aromatic rings. The van der Waals surface area contributed by atoms with Crippen molar-refractivity contribution < 1.29 is 0 Å². The van der Waals surface area contributed by atoms with Crippen LogP contribution in [0.15, 0.2) is 11.2 Å². The predicted molar refractivity (Wildman–Crippen MR) is 65.3 cm³/mol. The number of hydrogen-bond acceptors (Lipinski definition) is 6. The number of hydrazine groups is 1. The summed E-state index contributed by atoms with van der Waals surface area (Å²) in [5.41, 5.74) is 3.11. The second kappa shape index (κ2) is 5.77. The first-order valence-corrected chi connectivity index (χ1v) is 5.99. The van der Waals surface area contributed by atoms with Crippen molar-refractivity contribution in [2.24, 2.45) is 0 Å². The van der Waals surface area contributed by atoms with Gasteiger partial charge in [-0.25, -0.2) is 15.0 Å². The molecule has 0 aliphatic rings. The molecule has 1 rings (SSSR count). The minimum absolute atomic E-state index is 0.762. The van der Waals surface area contributed by atoms with E-state index in [4.69, 9.17) is 0 Å². The summed E-state index contributed by atoms with van der Waals surface area (Å²) in [7, 11) is 3.85. The summed E-state index contributed by atoms with van der Waals surface area (Å²) in [4.78, 5) is 8.66. The van der Waals surface area contributed by atoms with Gasteiger partial charge in [-0.1, -0.05) is 11.8 Å². The third kappa shape index (κ3) is 3.93. The summed E-state index contributed by atoms with van der Waals surface area (Å²) in [6, 6.07) is 1.89. The fourth-order valence-electron chi connectivity index (χ4n) is 1.07. The number of nitrogens with one attached hydrogen (secondary N) is 2. The molecule has 84 valence electrons. The zero-order valence-corrected chi connectivity index (χ0v) is 10.4. The monoisotopic (exact) mass is 227 g/mol. The lowest BCUT2D eigenvalue weighted by Gasteiger charge is -2.14. The van der Waals surface area contributed by atoms with Crippen molar-refractivity contribution in [3.05, 3.63) is 6.07 Å². The first kappa shape index (κ1) is 12.1. The van der Waals surface area contributed by atoms with E-state index in [9.17, 15) is 0 Å². The Kier molecular flexibility index (Phi) is 4.64. The molecule has 1 aromatic heterocycles. The highest BCUT2D eigenvalue weighted by molar-refractivity contribution is 7.98. The van der Waals surface area contributed by atoms with Gasteiger partial charge in [-0.15, -0.1) is 0 Å². The van der Waals surface area contributed by atoms with Crippen LogP contribution in [-0.4, -0.2) is 41.9 Å². The normalized spacial score (nSPS) is 10.5. The van der Waals surface area contributed by atoms with Gasteiger partial charge in [-0.05, 0) is 13.2 Å². The topological polar surface area (TPSA) is 53.1 Å². The summed E-state index contributed by atoms with van der Waals surface area (Å²) in [6.07, 6.45) is 1.96. The van der Waals surface area contributed by atoms with Crippen molar-refractivity contribution >= 4 is 23.4 Å². The molecule has 5 nitrogen and oxygen atoms in total. The first-order valence-electron chi connectivity index (χ1n) is 4.76. The van der Waals surface area contributed by atoms with E-state index in [0.717, 1.165) is 23.3 Å². The van der Waals surface area contributed by atoms with Crippen molar-refractivity contribution in [3.63, 3.8) is 0 Å². The first-order chi connectivity index (χ1) is 7.15. The maximum atomic E-state index is 4.33. The van der Waals surface area contributed by atoms with Crippen LogP contribution < -0.4 is 10.7 Å². The van der Waals surface area contributed by atoms with Gasteiger partial charge in [-0.3, -0.25) is 0 Å². The van der Waals surface area contributed by atoms with E-state index in [2.05, 4.69) is 20.7 Å². The van der Waals surface area contributed by atoms with E-state index >= 15 is 0 Å². The summed E-state index contributed by atoms with van der Waals surface area (Å²) >= 11 is 1.53. The minimum atomic E-state index is 0.762. The standard InChI is InChI=1S/C9H17N5S/c1-5-10-7-6-8(13-14(2)3)12-9(11-7)15-4/h6H,5H2,1-4H3,(H2,10,11,12,13). The lowest BCUT2D eigenvalue weighted by atomic mass is 10.5. The summed E-state index contributed by atoms with van der Waals surface area (Å²) in [5.74, 6) is 1.65. The van der Waals surface area contributed by atoms with Gasteiger partial charge >= 0.3 is 0 Å². The second-order valence-electron chi connectivity index (χ2n) is 3.16. The van der Waals surface area contributed by atoms with E-state index < -0.39 is 0 Å². The molecule has 0 fully saturated rings. The maximum absolute atomic E-state index is 4.33. The van der Waals surface area contributed by atoms with Crippen LogP contribution >= 0.6 is 11.8 Å². The quantitative estimate of drug-likeness (QED) is 0.452. The van der Waals surface area contributed by atoms with E-state index in [-0.39, 0.29) is 0 Å². The van der Waals surface area contributed by atoms with Gasteiger partial charge in [0.15, 0.2) is 5.16 Å². The van der Waals surface area contributed by atoms with Crippen molar-refractivity contribution in [2.45, 2.75) is 12.1 Å². The largest absolute Gasteiger partial charge is 0.370 e. The van der Waals surface area contributed by atoms with Crippen LogP contribution in [0.25, 0.3) is 0 Å². The Morgan fingerprint density at radius 3 is 2.53 bits per heavy atom. The minimum Gasteiger partial charge on any atom is -0.370 e. The van der Waals surface area contributed by atoms with Crippen LogP contribution in [0, 0.1) is 0 Å². The van der Waals surface area contributed by atoms with Gasteiger partial charge < -0.3 is 10.7 Å². The Morgan fingerprint density at radius 1 is 1.33 bits per heavy atom. The van der Waals surface area contributed by atoms with Crippen LogP contribution in [0.1, 0.15) is 6.92 Å². The molecule has 0 unspecified atom stereocenters. The van der Waals surface area contributed by atoms with E-state index in [1.807, 2.05) is 38.4 Å². The molecule has 0 amide bonds. The van der Waals surface area contributed by atoms with Crippen molar-refractivity contribution in [1.29, 1.82) is 0 Å². The Balaban J connectivity index is 2.89. The van der Waals surface area contributed by atoms with Gasteiger partial charge in [0.25, 0.3) is 0 Å². The molecule has 0 bridgehead atoms. The van der Waals surface area contributed by atoms with Gasteiger partial charge in [0.1, 0.15) is 11.6 Å². The number of thioether (sulfide) groups is 1. The summed E-state index contributed by atoms with van der Waals surface area (Å²) in [5, 5.41) is 5.78. The molecule has 0 saturated carbocycles. The zero-order valence-electron chi connectivity index (χ0n) is 9.53. The fourth-order valence-corrected chi connectivity index (χ4v) is 1.45. The molecule has 0 atom stereocenters. The van der Waals surface area contributed by atoms with E-state index in [1.54, 1.807) is 0 Å². The third-order valence-corrected chi connectivity index (χ3v) is 2.13. The Hall–Kier alpha value is -1.01. The van der Waals surface area contributed by atoms with Crippen LogP contribution in [0.2, 0.25) is 0 Å². The smallest absolute Gasteiger partial charge is 0.191 e. The van der Waals surface area contributed by atoms with Crippen LogP contribution in [0.5, 0.6) is 0 Å². The lowest BCUT2D eigenvalue weighted by Crippen LogP contribution is -2.20. The number of anilines is 2. The molecule has 2 N–H and O–H groups in total. The second-order valence-corrected chi connectivity index (χ2v) is 3.94. The molecule has 0 aliphatic carbocycles. The van der Waals surface area contributed by atoms with Gasteiger partial charge in [0.2, 0.25) is 0 Å². The summed E-state index contributed by atoms with van der Waals surface area (Å²) in [6.45, 7) is 2.89. The van der Waals surface area contributed by atoms with E-state index in [1.165, 1.54) is 11.8 Å². The molecule has 15 heavy (non-hydrogen) atoms. The number of nitrogens with zero attached hydrogens (tertiary/aromatic N) is 3. The summed E-state index contributed by atoms with van der Waals surface area (Å²) < 4.78 is 0. The molecular formula is C9H17N5S. The average Bonchev–Trinajstić information content (AvgIpc) is 2.16. The average molecular weight is 227 g/mol. The van der Waals surface area contributed by atoms with Gasteiger partial charge in [0.05, 0.1) is 0 Å². The lowest BCUT2D eigenvalue weighted by molar-refractivity contribution is 0.491. The molecule has 0 aromatic carbocycles. The predicted octanol–water partition coefficient (Wildman–Crippen LogP) is 1.52. The van der Waals surface area contributed by atoms with Crippen molar-refractivity contribution in [1.82, 2.24) is 15.0 Å². The van der Waals surface area contributed by atoms with Crippen molar-refractivity contribution in [3.8, 4) is 0 Å². The highest BCUT2D eigenvalue weighted by Crippen LogP contribution is 2.17. The van der Waals surface area contributed by atoms with Crippen LogP contribution in [-0.2, 0) is 0 Å². The van der Waals surface area contributed by atoms with Crippen molar-refractivity contribution in [2.75, 3.05) is 37.6 Å². The van der Waals surface area contributed by atoms with Gasteiger partial charge in [0, 0.05) is 26.7 Å². The highest BCUT2D eigenvalue weighted by Gasteiger charge is 2.03. The molecular weight excluding hydrogens is 210 g/mol. The Morgan fingerprint density at radius 2 is 2.00 bits per heavy atom. The number of rotatable bonds is 5. The number of hydrogen-bond donors (Lipinski definition) is 2.